The van der Waals surface area contributed by atoms with Crippen LogP contribution < -0.4 is 16.0 Å². The molecule has 182 valence electrons. The fourth-order valence-corrected chi connectivity index (χ4v) is 4.80. The summed E-state index contributed by atoms with van der Waals surface area (Å²) in [5.74, 6) is -2.60. The molecule has 3 rings (SSSR count). The topological polar surface area (TPSA) is 137 Å². The maximum Gasteiger partial charge on any atom is 0.348 e. The van der Waals surface area contributed by atoms with E-state index in [1.54, 1.807) is 6.92 Å². The predicted molar refractivity (Wildman–Crippen MR) is 121 cm³/mol. The van der Waals surface area contributed by atoms with Gasteiger partial charge in [0.05, 0.1) is 25.6 Å². The van der Waals surface area contributed by atoms with Crippen molar-refractivity contribution in [2.75, 3.05) is 13.7 Å². The Morgan fingerprint density at radius 1 is 1.26 bits per heavy atom. The Labute approximate surface area is 196 Å². The van der Waals surface area contributed by atoms with E-state index in [2.05, 4.69) is 0 Å². The van der Waals surface area contributed by atoms with E-state index in [9.17, 15) is 33.8 Å². The van der Waals surface area contributed by atoms with Crippen LogP contribution in [0.15, 0.2) is 27.8 Å². The number of halogens is 1. The molecule has 0 spiro atoms. The van der Waals surface area contributed by atoms with Gasteiger partial charge in [0.2, 0.25) is 0 Å². The van der Waals surface area contributed by atoms with Crippen LogP contribution in [0.2, 0.25) is 0 Å². The van der Waals surface area contributed by atoms with Crippen LogP contribution in [0.3, 0.4) is 0 Å². The molecule has 1 aromatic carbocycles. The molecular formula is C22H23FN2O8S. The number of aliphatic carboxylic acids is 1. The van der Waals surface area contributed by atoms with E-state index < -0.39 is 47.7 Å². The SMILES string of the molecule is CCOC(=O)c1sc2c(c1C)c(=O)n(C(C)C(=O)O)c(=O)n2C[C@H](O)c1cc(F)ccc1OC. The highest BCUT2D eigenvalue weighted by atomic mass is 32.1. The van der Waals surface area contributed by atoms with Crippen LogP contribution in [0.1, 0.15) is 46.8 Å². The van der Waals surface area contributed by atoms with E-state index in [-0.39, 0.29) is 38.6 Å². The summed E-state index contributed by atoms with van der Waals surface area (Å²) in [5, 5.41) is 20.3. The Balaban J connectivity index is 2.32. The van der Waals surface area contributed by atoms with Crippen LogP contribution in [-0.2, 0) is 16.1 Å². The molecule has 0 saturated carbocycles. The third kappa shape index (κ3) is 4.33. The van der Waals surface area contributed by atoms with Gasteiger partial charge < -0.3 is 19.7 Å². The van der Waals surface area contributed by atoms with E-state index in [1.807, 2.05) is 0 Å². The van der Waals surface area contributed by atoms with Gasteiger partial charge in [0.25, 0.3) is 5.56 Å². The molecule has 1 unspecified atom stereocenters. The fourth-order valence-electron chi connectivity index (χ4n) is 3.61. The van der Waals surface area contributed by atoms with E-state index in [0.29, 0.717) is 4.57 Å². The molecule has 0 aliphatic carbocycles. The first-order chi connectivity index (χ1) is 16.0. The largest absolute Gasteiger partial charge is 0.496 e. The predicted octanol–water partition coefficient (Wildman–Crippen LogP) is 2.24. The number of rotatable bonds is 8. The van der Waals surface area contributed by atoms with E-state index >= 15 is 0 Å². The third-order valence-corrected chi connectivity index (χ3v) is 6.65. The second-order valence-electron chi connectivity index (χ2n) is 7.44. The first-order valence-corrected chi connectivity index (χ1v) is 11.0. The molecule has 3 aromatic rings. The van der Waals surface area contributed by atoms with E-state index in [0.717, 1.165) is 28.0 Å². The summed E-state index contributed by atoms with van der Waals surface area (Å²) >= 11 is 0.817. The van der Waals surface area contributed by atoms with Crippen LogP contribution in [0, 0.1) is 12.7 Å². The number of aryl methyl sites for hydroxylation is 1. The molecule has 12 heteroatoms. The van der Waals surface area contributed by atoms with Crippen molar-refractivity contribution in [2.45, 2.75) is 39.5 Å². The summed E-state index contributed by atoms with van der Waals surface area (Å²) in [5.41, 5.74) is -1.61. The monoisotopic (exact) mass is 494 g/mol. The first-order valence-electron chi connectivity index (χ1n) is 10.2. The Bertz CT molecular complexity index is 1390. The summed E-state index contributed by atoms with van der Waals surface area (Å²) < 4.78 is 25.6. The van der Waals surface area contributed by atoms with Crippen LogP contribution in [0.25, 0.3) is 10.2 Å². The molecule has 0 fully saturated rings. The van der Waals surface area contributed by atoms with Gasteiger partial charge >= 0.3 is 17.6 Å². The number of carbonyl (C=O) groups is 2. The number of carboxylic acids is 1. The van der Waals surface area contributed by atoms with Gasteiger partial charge in [-0.15, -0.1) is 11.3 Å². The number of hydrogen-bond acceptors (Lipinski definition) is 8. The number of aliphatic hydroxyl groups is 1. The molecule has 0 aliphatic rings. The molecule has 2 atom stereocenters. The number of methoxy groups -OCH3 is 1. The van der Waals surface area contributed by atoms with Crippen molar-refractivity contribution in [3.8, 4) is 5.75 Å². The van der Waals surface area contributed by atoms with Gasteiger partial charge in [0.15, 0.2) is 0 Å². The number of nitrogens with zero attached hydrogens (tertiary/aromatic N) is 2. The van der Waals surface area contributed by atoms with Crippen molar-refractivity contribution in [1.82, 2.24) is 9.13 Å². The molecule has 0 aliphatic heterocycles. The minimum atomic E-state index is -1.53. The maximum absolute atomic E-state index is 13.8. The van der Waals surface area contributed by atoms with Crippen LogP contribution in [0.4, 0.5) is 4.39 Å². The summed E-state index contributed by atoms with van der Waals surface area (Å²) in [6, 6.07) is 1.98. The van der Waals surface area contributed by atoms with Gasteiger partial charge in [0.1, 0.15) is 33.4 Å². The zero-order valence-corrected chi connectivity index (χ0v) is 19.6. The highest BCUT2D eigenvalue weighted by Crippen LogP contribution is 2.31. The number of fused-ring (bicyclic) bond motifs is 1. The Morgan fingerprint density at radius 3 is 2.53 bits per heavy atom. The number of esters is 1. The maximum atomic E-state index is 13.8. The number of carboxylic acid groups (broad SMARTS) is 1. The summed E-state index contributed by atoms with van der Waals surface area (Å²) in [7, 11) is 1.33. The molecule has 10 nitrogen and oxygen atoms in total. The summed E-state index contributed by atoms with van der Waals surface area (Å²) in [4.78, 5) is 50.6. The standard InChI is InChI=1S/C22H23FN2O8S/c1-5-33-21(30)17-10(2)16-18(27)25(11(3)20(28)29)22(31)24(19(16)34-17)9-14(26)13-8-12(23)6-7-15(13)32-4/h6-8,11,14,26H,5,9H2,1-4H3,(H,28,29)/t11?,14-/m0/s1. The van der Waals surface area contributed by atoms with Crippen LogP contribution >= 0.6 is 11.3 Å². The molecular weight excluding hydrogens is 471 g/mol. The van der Waals surface area contributed by atoms with E-state index in [4.69, 9.17) is 9.47 Å². The number of hydrogen-bond donors (Lipinski definition) is 2. The highest BCUT2D eigenvalue weighted by molar-refractivity contribution is 7.20. The van der Waals surface area contributed by atoms with Gasteiger partial charge in [-0.05, 0) is 44.5 Å². The van der Waals surface area contributed by atoms with Crippen molar-refractivity contribution in [3.05, 3.63) is 60.9 Å². The smallest absolute Gasteiger partial charge is 0.348 e. The summed E-state index contributed by atoms with van der Waals surface area (Å²) in [6.07, 6.45) is -1.47. The number of aromatic nitrogens is 2. The van der Waals surface area contributed by atoms with Crippen molar-refractivity contribution in [1.29, 1.82) is 0 Å². The molecule has 34 heavy (non-hydrogen) atoms. The van der Waals surface area contributed by atoms with Crippen LogP contribution in [0.5, 0.6) is 5.75 Å². The number of benzene rings is 1. The quantitative estimate of drug-likeness (QED) is 0.455. The molecule has 0 radical (unpaired) electrons. The van der Waals surface area contributed by atoms with Gasteiger partial charge in [-0.2, -0.15) is 0 Å². The number of thiophene rings is 1. The molecule has 2 heterocycles. The zero-order valence-electron chi connectivity index (χ0n) is 18.8. The number of carbonyl (C=O) groups excluding carboxylic acids is 1. The van der Waals surface area contributed by atoms with E-state index in [1.165, 1.54) is 27.0 Å². The minimum Gasteiger partial charge on any atom is -0.496 e. The lowest BCUT2D eigenvalue weighted by Gasteiger charge is -2.19. The van der Waals surface area contributed by atoms with Gasteiger partial charge in [0, 0.05) is 5.56 Å². The van der Waals surface area contributed by atoms with Crippen molar-refractivity contribution < 1.29 is 33.7 Å². The second kappa shape index (κ2) is 9.77. The number of aliphatic hydroxyl groups excluding tert-OH is 1. The lowest BCUT2D eigenvalue weighted by Crippen LogP contribution is -2.44. The van der Waals surface area contributed by atoms with Crippen molar-refractivity contribution in [3.63, 3.8) is 0 Å². The molecule has 0 amide bonds. The average molecular weight is 494 g/mol. The summed E-state index contributed by atoms with van der Waals surface area (Å²) in [6.45, 7) is 3.88. The van der Waals surface area contributed by atoms with Crippen molar-refractivity contribution >= 4 is 33.5 Å². The number of ether oxygens (including phenoxy) is 2. The van der Waals surface area contributed by atoms with Gasteiger partial charge in [-0.1, -0.05) is 0 Å². The Morgan fingerprint density at radius 2 is 1.94 bits per heavy atom. The minimum absolute atomic E-state index is 0.0424. The van der Waals surface area contributed by atoms with Crippen LogP contribution in [-0.4, -0.2) is 45.0 Å². The Hall–Kier alpha value is -3.51. The van der Waals surface area contributed by atoms with Gasteiger partial charge in [-0.3, -0.25) is 9.36 Å². The molecule has 0 saturated heterocycles. The molecule has 2 aromatic heterocycles. The van der Waals surface area contributed by atoms with Gasteiger partial charge in [-0.25, -0.2) is 23.3 Å². The zero-order chi connectivity index (χ0) is 25.3. The fraction of sp³-hybridized carbons (Fsp3) is 0.364. The molecule has 0 bridgehead atoms. The van der Waals surface area contributed by atoms with Crippen molar-refractivity contribution in [2.24, 2.45) is 0 Å². The molecule has 2 N–H and O–H groups in total. The lowest BCUT2D eigenvalue weighted by atomic mass is 10.1. The third-order valence-electron chi connectivity index (χ3n) is 5.35. The first kappa shape index (κ1) is 25.1. The Kier molecular flexibility index (Phi) is 7.22. The normalized spacial score (nSPS) is 13.0. The lowest BCUT2D eigenvalue weighted by molar-refractivity contribution is -0.140. The second-order valence-corrected chi connectivity index (χ2v) is 8.44. The average Bonchev–Trinajstić information content (AvgIpc) is 3.13. The highest BCUT2D eigenvalue weighted by Gasteiger charge is 2.28.